The highest BCUT2D eigenvalue weighted by molar-refractivity contribution is 5.39. The van der Waals surface area contributed by atoms with E-state index < -0.39 is 25.6 Å². The van der Waals surface area contributed by atoms with E-state index in [1.54, 1.807) is 0 Å². The summed E-state index contributed by atoms with van der Waals surface area (Å²) in [6.45, 7) is 1.34. The number of benzene rings is 1. The second-order valence-corrected chi connectivity index (χ2v) is 3.53. The number of alkyl halides is 6. The Kier molecular flexibility index (Phi) is 5.31. The van der Waals surface area contributed by atoms with Crippen LogP contribution in [0.5, 0.6) is 11.5 Å². The molecule has 2 nitrogen and oxygen atoms in total. The van der Waals surface area contributed by atoms with Gasteiger partial charge in [0.15, 0.2) is 0 Å². The topological polar surface area (TPSA) is 18.5 Å². The van der Waals surface area contributed by atoms with E-state index in [-0.39, 0.29) is 17.1 Å². The normalized spacial score (nSPS) is 14.6. The largest absolute Gasteiger partial charge is 0.454 e. The van der Waals surface area contributed by atoms with Crippen molar-refractivity contribution in [2.45, 2.75) is 32.5 Å². The number of halogens is 6. The average Bonchev–Trinajstić information content (AvgIpc) is 2.32. The predicted octanol–water partition coefficient (Wildman–Crippen LogP) is 3.87. The van der Waals surface area contributed by atoms with E-state index in [9.17, 15) is 26.3 Å². The summed E-state index contributed by atoms with van der Waals surface area (Å²) in [7, 11) is 0. The number of hydrogen-bond acceptors (Lipinski definition) is 2. The van der Waals surface area contributed by atoms with Crippen LogP contribution in [0.25, 0.3) is 0 Å². The Hall–Kier alpha value is -1.60. The zero-order valence-electron chi connectivity index (χ0n) is 9.63. The number of ether oxygens (including phenoxy) is 2. The van der Waals surface area contributed by atoms with Crippen molar-refractivity contribution in [3.63, 3.8) is 0 Å². The molecular weight excluding hydrogens is 278 g/mol. The first-order chi connectivity index (χ1) is 8.81. The molecule has 2 atom stereocenters. The zero-order valence-corrected chi connectivity index (χ0v) is 9.63. The molecule has 0 saturated heterocycles. The molecule has 19 heavy (non-hydrogen) atoms. The summed E-state index contributed by atoms with van der Waals surface area (Å²) in [5, 5.41) is 0. The van der Waals surface area contributed by atoms with Crippen LogP contribution in [0.15, 0.2) is 18.2 Å². The summed E-state index contributed by atoms with van der Waals surface area (Å²) >= 11 is 0. The first-order valence-electron chi connectivity index (χ1n) is 5.09. The Labute approximate surface area is 104 Å². The smallest absolute Gasteiger partial charge is 0.304 e. The van der Waals surface area contributed by atoms with Crippen molar-refractivity contribution in [3.8, 4) is 11.5 Å². The lowest BCUT2D eigenvalue weighted by Crippen LogP contribution is -2.20. The molecule has 0 radical (unpaired) electrons. The molecule has 1 rings (SSSR count). The molecule has 0 amide bonds. The molecule has 108 valence electrons. The minimum Gasteiger partial charge on any atom is -0.454 e. The molecule has 0 spiro atoms. The molecule has 1 aromatic rings. The maximum absolute atomic E-state index is 12.6. The standard InChI is InChI=1S/C11H10F6O2/c1-5-4-6(18-10(16)8(12)13)2-3-7(5)19-11(17)9(14)15/h2-4,8-11H,1H3. The van der Waals surface area contributed by atoms with E-state index in [0.717, 1.165) is 18.2 Å². The first kappa shape index (κ1) is 15.5. The van der Waals surface area contributed by atoms with E-state index in [0.29, 0.717) is 0 Å². The molecule has 0 aromatic heterocycles. The van der Waals surface area contributed by atoms with Crippen LogP contribution in [0.1, 0.15) is 5.56 Å². The van der Waals surface area contributed by atoms with Crippen LogP contribution in [0, 0.1) is 6.92 Å². The summed E-state index contributed by atoms with van der Waals surface area (Å²) in [5.41, 5.74) is 0.141. The average molecular weight is 288 g/mol. The fourth-order valence-corrected chi connectivity index (χ4v) is 1.18. The van der Waals surface area contributed by atoms with Gasteiger partial charge in [0, 0.05) is 0 Å². The van der Waals surface area contributed by atoms with Gasteiger partial charge in [0.1, 0.15) is 11.5 Å². The second-order valence-electron chi connectivity index (χ2n) is 3.53. The van der Waals surface area contributed by atoms with Crippen LogP contribution in [-0.4, -0.2) is 25.6 Å². The van der Waals surface area contributed by atoms with Gasteiger partial charge in [0.2, 0.25) is 0 Å². The summed E-state index contributed by atoms with van der Waals surface area (Å²) in [5.74, 6) is -0.460. The van der Waals surface area contributed by atoms with E-state index >= 15 is 0 Å². The highest BCUT2D eigenvalue weighted by Crippen LogP contribution is 2.27. The van der Waals surface area contributed by atoms with Crippen molar-refractivity contribution < 1.29 is 35.8 Å². The lowest BCUT2D eigenvalue weighted by molar-refractivity contribution is -0.0688. The zero-order chi connectivity index (χ0) is 14.6. The van der Waals surface area contributed by atoms with Gasteiger partial charge in [-0.2, -0.15) is 8.78 Å². The van der Waals surface area contributed by atoms with Crippen LogP contribution in [-0.2, 0) is 0 Å². The predicted molar refractivity (Wildman–Crippen MR) is 54.2 cm³/mol. The van der Waals surface area contributed by atoms with Gasteiger partial charge in [-0.3, -0.25) is 0 Å². The van der Waals surface area contributed by atoms with Gasteiger partial charge in [0.05, 0.1) is 0 Å². The Balaban J connectivity index is 2.74. The van der Waals surface area contributed by atoms with Gasteiger partial charge in [-0.1, -0.05) is 0 Å². The van der Waals surface area contributed by atoms with Crippen LogP contribution in [0.3, 0.4) is 0 Å². The van der Waals surface area contributed by atoms with Crippen LogP contribution >= 0.6 is 0 Å². The fraction of sp³-hybridized carbons (Fsp3) is 0.455. The molecule has 0 saturated carbocycles. The quantitative estimate of drug-likeness (QED) is 0.740. The van der Waals surface area contributed by atoms with Crippen molar-refractivity contribution in [1.82, 2.24) is 0 Å². The summed E-state index contributed by atoms with van der Waals surface area (Å²) in [6, 6.07) is 3.11. The first-order valence-corrected chi connectivity index (χ1v) is 5.09. The third-order valence-electron chi connectivity index (χ3n) is 2.03. The van der Waals surface area contributed by atoms with Crippen LogP contribution in [0.4, 0.5) is 26.3 Å². The minimum atomic E-state index is -3.32. The SMILES string of the molecule is Cc1cc(OC(F)C(F)F)ccc1OC(F)C(F)F. The van der Waals surface area contributed by atoms with Crippen LogP contribution in [0.2, 0.25) is 0 Å². The van der Waals surface area contributed by atoms with E-state index in [1.807, 2.05) is 0 Å². The summed E-state index contributed by atoms with van der Waals surface area (Å²) in [4.78, 5) is 0. The molecule has 0 N–H and O–H groups in total. The fourth-order valence-electron chi connectivity index (χ4n) is 1.18. The monoisotopic (exact) mass is 288 g/mol. The maximum Gasteiger partial charge on any atom is 0.304 e. The molecule has 0 aliphatic carbocycles. The number of rotatable bonds is 6. The van der Waals surface area contributed by atoms with Crippen molar-refractivity contribution in [2.24, 2.45) is 0 Å². The number of aryl methyl sites for hydroxylation is 1. The Morgan fingerprint density at radius 2 is 1.37 bits per heavy atom. The molecule has 8 heteroatoms. The Bertz CT molecular complexity index is 412. The van der Waals surface area contributed by atoms with Gasteiger partial charge in [-0.05, 0) is 30.7 Å². The summed E-state index contributed by atoms with van der Waals surface area (Å²) < 4.78 is 81.4. The van der Waals surface area contributed by atoms with Gasteiger partial charge in [-0.25, -0.2) is 17.6 Å². The van der Waals surface area contributed by atoms with E-state index in [1.165, 1.54) is 6.92 Å². The lowest BCUT2D eigenvalue weighted by Gasteiger charge is -2.15. The van der Waals surface area contributed by atoms with Gasteiger partial charge >= 0.3 is 12.9 Å². The molecule has 0 aliphatic rings. The third kappa shape index (κ3) is 4.53. The molecule has 2 unspecified atom stereocenters. The van der Waals surface area contributed by atoms with Crippen molar-refractivity contribution in [3.05, 3.63) is 23.8 Å². The molecule has 1 aromatic carbocycles. The third-order valence-corrected chi connectivity index (χ3v) is 2.03. The van der Waals surface area contributed by atoms with Crippen LogP contribution < -0.4 is 9.47 Å². The van der Waals surface area contributed by atoms with E-state index in [2.05, 4.69) is 9.47 Å². The van der Waals surface area contributed by atoms with Gasteiger partial charge in [0.25, 0.3) is 12.7 Å². The maximum atomic E-state index is 12.6. The van der Waals surface area contributed by atoms with Crippen molar-refractivity contribution >= 4 is 0 Å². The molecule has 0 bridgehead atoms. The summed E-state index contributed by atoms with van der Waals surface area (Å²) in [6.07, 6.45) is -12.2. The van der Waals surface area contributed by atoms with Crippen molar-refractivity contribution in [1.29, 1.82) is 0 Å². The molecule has 0 heterocycles. The van der Waals surface area contributed by atoms with Gasteiger partial charge in [-0.15, -0.1) is 0 Å². The van der Waals surface area contributed by atoms with E-state index in [4.69, 9.17) is 0 Å². The minimum absolute atomic E-state index is 0.141. The lowest BCUT2D eigenvalue weighted by atomic mass is 10.2. The molecular formula is C11H10F6O2. The van der Waals surface area contributed by atoms with Crippen molar-refractivity contribution in [2.75, 3.05) is 0 Å². The Morgan fingerprint density at radius 1 is 0.842 bits per heavy atom. The van der Waals surface area contributed by atoms with Gasteiger partial charge < -0.3 is 9.47 Å². The molecule has 0 fully saturated rings. The highest BCUT2D eigenvalue weighted by Gasteiger charge is 2.23. The Morgan fingerprint density at radius 3 is 1.84 bits per heavy atom. The number of hydrogen-bond donors (Lipinski definition) is 0. The second kappa shape index (κ2) is 6.53. The highest BCUT2D eigenvalue weighted by atomic mass is 19.3. The molecule has 0 aliphatic heterocycles.